The number of hydrogen-bond acceptors (Lipinski definition) is 5. The van der Waals surface area contributed by atoms with Gasteiger partial charge in [-0.2, -0.15) is 0 Å². The molecule has 0 amide bonds. The molecule has 1 rings (SSSR count). The van der Waals surface area contributed by atoms with Crippen molar-refractivity contribution in [1.82, 2.24) is 0 Å². The molecule has 0 aromatic heterocycles. The van der Waals surface area contributed by atoms with Crippen LogP contribution in [-0.4, -0.2) is 28.8 Å². The molecule has 94 valence electrons. The summed E-state index contributed by atoms with van der Waals surface area (Å²) in [6, 6.07) is 3.33. The highest BCUT2D eigenvalue weighted by Gasteiger charge is 2.16. The molecule has 0 unspecified atom stereocenters. The van der Waals surface area contributed by atoms with Gasteiger partial charge in [0.25, 0.3) is 0 Å². The van der Waals surface area contributed by atoms with Crippen molar-refractivity contribution in [3.8, 4) is 11.5 Å². The van der Waals surface area contributed by atoms with Crippen molar-refractivity contribution in [1.29, 1.82) is 0 Å². The summed E-state index contributed by atoms with van der Waals surface area (Å²) in [5, 5.41) is 18.5. The third-order valence-electron chi connectivity index (χ3n) is 2.17. The van der Waals surface area contributed by atoms with Gasteiger partial charge in [-0.3, -0.25) is 4.79 Å². The van der Waals surface area contributed by atoms with E-state index in [1.807, 2.05) is 6.92 Å². The number of carbonyl (C=O) groups excluding carboxylic acids is 1. The summed E-state index contributed by atoms with van der Waals surface area (Å²) in [5.74, 6) is -0.599. The molecule has 0 radical (unpaired) electrons. The van der Waals surface area contributed by atoms with Crippen LogP contribution in [0.15, 0.2) is 18.2 Å². The van der Waals surface area contributed by atoms with Gasteiger partial charge in [0.1, 0.15) is 17.5 Å². The summed E-state index contributed by atoms with van der Waals surface area (Å²) in [4.78, 5) is 11.4. The van der Waals surface area contributed by atoms with Crippen molar-refractivity contribution in [2.45, 2.75) is 25.8 Å². The molecular weight excluding hydrogens is 222 g/mol. The van der Waals surface area contributed by atoms with E-state index in [1.54, 1.807) is 0 Å². The van der Waals surface area contributed by atoms with Gasteiger partial charge in [-0.15, -0.1) is 0 Å². The van der Waals surface area contributed by atoms with Gasteiger partial charge in [-0.1, -0.05) is 6.92 Å². The SMILES string of the molecule is CCCOC(=O)[C@@H](N)Cc1cc(O)cc(O)c1. The van der Waals surface area contributed by atoms with E-state index in [4.69, 9.17) is 10.5 Å². The Morgan fingerprint density at radius 2 is 1.94 bits per heavy atom. The lowest BCUT2D eigenvalue weighted by atomic mass is 10.1. The van der Waals surface area contributed by atoms with Crippen LogP contribution in [0.25, 0.3) is 0 Å². The molecular formula is C12H17NO4. The van der Waals surface area contributed by atoms with Crippen LogP contribution in [-0.2, 0) is 16.0 Å². The third-order valence-corrected chi connectivity index (χ3v) is 2.17. The van der Waals surface area contributed by atoms with E-state index < -0.39 is 12.0 Å². The highest BCUT2D eigenvalue weighted by molar-refractivity contribution is 5.75. The molecule has 0 saturated carbocycles. The normalized spacial score (nSPS) is 12.1. The van der Waals surface area contributed by atoms with E-state index in [0.29, 0.717) is 12.2 Å². The Morgan fingerprint density at radius 3 is 2.47 bits per heavy atom. The largest absolute Gasteiger partial charge is 0.508 e. The lowest BCUT2D eigenvalue weighted by Crippen LogP contribution is -2.34. The first-order chi connectivity index (χ1) is 8.02. The maximum atomic E-state index is 11.4. The average Bonchev–Trinajstić information content (AvgIpc) is 2.24. The first-order valence-electron chi connectivity index (χ1n) is 5.47. The molecule has 0 aliphatic rings. The highest BCUT2D eigenvalue weighted by Crippen LogP contribution is 2.21. The van der Waals surface area contributed by atoms with Crippen LogP contribution in [0.5, 0.6) is 11.5 Å². The minimum atomic E-state index is -0.789. The smallest absolute Gasteiger partial charge is 0.323 e. The Labute approximate surface area is 99.8 Å². The number of phenols is 2. The number of rotatable bonds is 5. The van der Waals surface area contributed by atoms with Gasteiger partial charge in [-0.05, 0) is 30.5 Å². The maximum absolute atomic E-state index is 11.4. The molecule has 0 heterocycles. The molecule has 0 spiro atoms. The van der Waals surface area contributed by atoms with Crippen molar-refractivity contribution < 1.29 is 19.7 Å². The fraction of sp³-hybridized carbons (Fsp3) is 0.417. The zero-order valence-electron chi connectivity index (χ0n) is 9.72. The van der Waals surface area contributed by atoms with Crippen molar-refractivity contribution >= 4 is 5.97 Å². The Balaban J connectivity index is 2.60. The number of benzene rings is 1. The van der Waals surface area contributed by atoms with Crippen molar-refractivity contribution in [3.63, 3.8) is 0 Å². The lowest BCUT2D eigenvalue weighted by Gasteiger charge is -2.11. The van der Waals surface area contributed by atoms with Crippen molar-refractivity contribution in [3.05, 3.63) is 23.8 Å². The first kappa shape index (κ1) is 13.3. The summed E-state index contributed by atoms with van der Waals surface area (Å²) in [6.45, 7) is 2.24. The average molecular weight is 239 g/mol. The molecule has 1 atom stereocenters. The molecule has 0 fully saturated rings. The van der Waals surface area contributed by atoms with Gasteiger partial charge >= 0.3 is 5.97 Å². The topological polar surface area (TPSA) is 92.8 Å². The molecule has 1 aromatic rings. The first-order valence-corrected chi connectivity index (χ1v) is 5.47. The van der Waals surface area contributed by atoms with Gasteiger partial charge in [0, 0.05) is 6.07 Å². The minimum absolute atomic E-state index is 0.0610. The van der Waals surface area contributed by atoms with E-state index in [-0.39, 0.29) is 17.9 Å². The van der Waals surface area contributed by atoms with Crippen LogP contribution in [0, 0.1) is 0 Å². The van der Waals surface area contributed by atoms with Crippen LogP contribution in [0.3, 0.4) is 0 Å². The molecule has 17 heavy (non-hydrogen) atoms. The third kappa shape index (κ3) is 4.32. The summed E-state index contributed by atoms with van der Waals surface area (Å²) < 4.78 is 4.90. The van der Waals surface area contributed by atoms with E-state index in [9.17, 15) is 15.0 Å². The fourth-order valence-corrected chi connectivity index (χ4v) is 1.42. The van der Waals surface area contributed by atoms with Crippen LogP contribution in [0.1, 0.15) is 18.9 Å². The quantitative estimate of drug-likeness (QED) is 0.664. The van der Waals surface area contributed by atoms with Gasteiger partial charge < -0.3 is 20.7 Å². The second-order valence-electron chi connectivity index (χ2n) is 3.84. The van der Waals surface area contributed by atoms with E-state index in [1.165, 1.54) is 18.2 Å². The Hall–Kier alpha value is -1.75. The zero-order chi connectivity index (χ0) is 12.8. The summed E-state index contributed by atoms with van der Waals surface area (Å²) >= 11 is 0. The number of carbonyl (C=O) groups is 1. The monoisotopic (exact) mass is 239 g/mol. The summed E-state index contributed by atoms with van der Waals surface area (Å²) in [7, 11) is 0. The van der Waals surface area contributed by atoms with Crippen molar-refractivity contribution in [2.75, 3.05) is 6.61 Å². The molecule has 1 aromatic carbocycles. The Bertz CT molecular complexity index is 372. The summed E-state index contributed by atoms with van der Waals surface area (Å²) in [5.41, 5.74) is 6.24. The maximum Gasteiger partial charge on any atom is 0.323 e. The zero-order valence-corrected chi connectivity index (χ0v) is 9.72. The molecule has 0 bridgehead atoms. The number of hydrogen-bond donors (Lipinski definition) is 3. The number of nitrogens with two attached hydrogens (primary N) is 1. The summed E-state index contributed by atoms with van der Waals surface area (Å²) in [6.07, 6.45) is 0.954. The van der Waals surface area contributed by atoms with Crippen LogP contribution >= 0.6 is 0 Å². The predicted octanol–water partition coefficient (Wildman–Crippen LogP) is 0.921. The Kier molecular flexibility index (Phi) is 4.78. The van der Waals surface area contributed by atoms with Gasteiger partial charge in [0.15, 0.2) is 0 Å². The lowest BCUT2D eigenvalue weighted by molar-refractivity contribution is -0.145. The predicted molar refractivity (Wildman–Crippen MR) is 62.7 cm³/mol. The molecule has 0 saturated heterocycles. The molecule has 0 aliphatic heterocycles. The second kappa shape index (κ2) is 6.10. The second-order valence-corrected chi connectivity index (χ2v) is 3.84. The van der Waals surface area contributed by atoms with Gasteiger partial charge in [0.05, 0.1) is 6.61 Å². The molecule has 5 nitrogen and oxygen atoms in total. The standard InChI is InChI=1S/C12H17NO4/c1-2-3-17-12(16)11(13)6-8-4-9(14)7-10(15)5-8/h4-5,7,11,14-15H,2-3,6,13H2,1H3/t11-/m0/s1. The van der Waals surface area contributed by atoms with Crippen LogP contribution in [0.4, 0.5) is 0 Å². The van der Waals surface area contributed by atoms with Gasteiger partial charge in [0.2, 0.25) is 0 Å². The molecule has 4 N–H and O–H groups in total. The van der Waals surface area contributed by atoms with E-state index in [0.717, 1.165) is 6.42 Å². The van der Waals surface area contributed by atoms with Crippen LogP contribution < -0.4 is 5.73 Å². The number of phenolic OH excluding ortho intramolecular Hbond substituents is 2. The number of esters is 1. The fourth-order valence-electron chi connectivity index (χ4n) is 1.42. The van der Waals surface area contributed by atoms with Crippen molar-refractivity contribution in [2.24, 2.45) is 5.73 Å². The van der Waals surface area contributed by atoms with Gasteiger partial charge in [-0.25, -0.2) is 0 Å². The molecule has 0 aliphatic carbocycles. The Morgan fingerprint density at radius 1 is 1.35 bits per heavy atom. The number of aromatic hydroxyl groups is 2. The highest BCUT2D eigenvalue weighted by atomic mass is 16.5. The van der Waals surface area contributed by atoms with Crippen LogP contribution in [0.2, 0.25) is 0 Å². The minimum Gasteiger partial charge on any atom is -0.508 e. The van der Waals surface area contributed by atoms with E-state index >= 15 is 0 Å². The number of ether oxygens (including phenoxy) is 1. The van der Waals surface area contributed by atoms with E-state index in [2.05, 4.69) is 0 Å². The molecule has 5 heteroatoms.